The lowest BCUT2D eigenvalue weighted by Gasteiger charge is -2.44. The van der Waals surface area contributed by atoms with Crippen molar-refractivity contribution in [1.29, 1.82) is 0 Å². The van der Waals surface area contributed by atoms with Crippen molar-refractivity contribution in [3.05, 3.63) is 0 Å². The average molecular weight is 168 g/mol. The van der Waals surface area contributed by atoms with E-state index >= 15 is 0 Å². The van der Waals surface area contributed by atoms with Gasteiger partial charge < -0.3 is 0 Å². The maximum Gasteiger partial charge on any atom is -0.0249 e. The monoisotopic (exact) mass is 168 g/mol. The molecule has 0 bridgehead atoms. The van der Waals surface area contributed by atoms with Gasteiger partial charge >= 0.3 is 0 Å². The fraction of sp³-hybridized carbons (Fsp3) is 1.00. The number of hydrogen-bond acceptors (Lipinski definition) is 0. The van der Waals surface area contributed by atoms with E-state index in [2.05, 4.69) is 34.6 Å². The van der Waals surface area contributed by atoms with E-state index < -0.39 is 0 Å². The molecular weight excluding hydrogens is 144 g/mol. The summed E-state index contributed by atoms with van der Waals surface area (Å²) in [6.45, 7) is 12.1. The van der Waals surface area contributed by atoms with Gasteiger partial charge in [0.15, 0.2) is 0 Å². The first-order chi connectivity index (χ1) is 5.46. The summed E-state index contributed by atoms with van der Waals surface area (Å²) in [7, 11) is 0. The fourth-order valence-corrected chi connectivity index (χ4v) is 3.00. The molecule has 0 spiro atoms. The normalized spacial score (nSPS) is 42.5. The van der Waals surface area contributed by atoms with Gasteiger partial charge in [0, 0.05) is 0 Å². The smallest absolute Gasteiger partial charge is 0.0249 e. The molecule has 1 saturated carbocycles. The van der Waals surface area contributed by atoms with Crippen LogP contribution in [0.2, 0.25) is 0 Å². The first-order valence-corrected chi connectivity index (χ1v) is 5.46. The first-order valence-electron chi connectivity index (χ1n) is 5.46. The van der Waals surface area contributed by atoms with Crippen molar-refractivity contribution in [3.63, 3.8) is 0 Å². The van der Waals surface area contributed by atoms with Crippen molar-refractivity contribution in [2.45, 2.75) is 60.3 Å². The molecule has 0 saturated heterocycles. The maximum absolute atomic E-state index is 2.49. The second-order valence-corrected chi connectivity index (χ2v) is 5.34. The quantitative estimate of drug-likeness (QED) is 0.578. The SMILES string of the molecule is CCC1(C)CCCC1(C)C(C)C. The molecule has 0 aromatic carbocycles. The Balaban J connectivity index is 2.88. The van der Waals surface area contributed by atoms with Crippen LogP contribution in [0.4, 0.5) is 0 Å². The van der Waals surface area contributed by atoms with Gasteiger partial charge in [0.25, 0.3) is 0 Å². The van der Waals surface area contributed by atoms with E-state index in [4.69, 9.17) is 0 Å². The molecule has 0 N–H and O–H groups in total. The van der Waals surface area contributed by atoms with Gasteiger partial charge in [-0.05, 0) is 29.6 Å². The summed E-state index contributed by atoms with van der Waals surface area (Å²) in [5, 5.41) is 0. The zero-order chi connectivity index (χ0) is 9.41. The molecule has 0 aromatic heterocycles. The Labute approximate surface area is 77.7 Å². The second-order valence-electron chi connectivity index (χ2n) is 5.34. The zero-order valence-electron chi connectivity index (χ0n) is 9.41. The number of rotatable bonds is 2. The molecule has 2 atom stereocenters. The van der Waals surface area contributed by atoms with Crippen LogP contribution in [-0.2, 0) is 0 Å². The van der Waals surface area contributed by atoms with Crippen molar-refractivity contribution < 1.29 is 0 Å². The highest BCUT2D eigenvalue weighted by Crippen LogP contribution is 2.58. The van der Waals surface area contributed by atoms with Crippen molar-refractivity contribution >= 4 is 0 Å². The Morgan fingerprint density at radius 2 is 1.75 bits per heavy atom. The van der Waals surface area contributed by atoms with E-state index in [1.54, 1.807) is 0 Å². The lowest BCUT2D eigenvalue weighted by molar-refractivity contribution is 0.0521. The number of hydrogen-bond donors (Lipinski definition) is 0. The third-order valence-electron chi connectivity index (χ3n) is 4.86. The van der Waals surface area contributed by atoms with Crippen LogP contribution < -0.4 is 0 Å². The van der Waals surface area contributed by atoms with Crippen LogP contribution in [0.5, 0.6) is 0 Å². The molecule has 1 aliphatic rings. The molecule has 0 heterocycles. The summed E-state index contributed by atoms with van der Waals surface area (Å²) in [5.41, 5.74) is 1.21. The van der Waals surface area contributed by atoms with E-state index in [-0.39, 0.29) is 0 Å². The molecule has 1 aliphatic carbocycles. The van der Waals surface area contributed by atoms with Crippen molar-refractivity contribution in [2.75, 3.05) is 0 Å². The van der Waals surface area contributed by atoms with Crippen LogP contribution in [-0.4, -0.2) is 0 Å². The fourth-order valence-electron chi connectivity index (χ4n) is 3.00. The van der Waals surface area contributed by atoms with E-state index in [1.807, 2.05) is 0 Å². The van der Waals surface area contributed by atoms with Crippen LogP contribution in [0.15, 0.2) is 0 Å². The third-order valence-corrected chi connectivity index (χ3v) is 4.86. The molecule has 0 heteroatoms. The maximum atomic E-state index is 2.49. The van der Waals surface area contributed by atoms with E-state index in [0.717, 1.165) is 5.92 Å². The lowest BCUT2D eigenvalue weighted by atomic mass is 9.61. The largest absolute Gasteiger partial charge is 0.0648 e. The molecule has 0 aliphatic heterocycles. The van der Waals surface area contributed by atoms with Gasteiger partial charge in [0.2, 0.25) is 0 Å². The average Bonchev–Trinajstić information content (AvgIpc) is 2.31. The predicted molar refractivity (Wildman–Crippen MR) is 55.2 cm³/mol. The minimum absolute atomic E-state index is 0.599. The molecule has 1 rings (SSSR count). The molecule has 1 fully saturated rings. The molecule has 0 amide bonds. The molecule has 2 unspecified atom stereocenters. The molecule has 0 aromatic rings. The van der Waals surface area contributed by atoms with Crippen LogP contribution in [0.3, 0.4) is 0 Å². The van der Waals surface area contributed by atoms with Gasteiger partial charge in [-0.25, -0.2) is 0 Å². The highest BCUT2D eigenvalue weighted by molar-refractivity contribution is 4.98. The topological polar surface area (TPSA) is 0 Å². The van der Waals surface area contributed by atoms with E-state index in [9.17, 15) is 0 Å². The van der Waals surface area contributed by atoms with Gasteiger partial charge in [-0.2, -0.15) is 0 Å². The van der Waals surface area contributed by atoms with Crippen LogP contribution in [0, 0.1) is 16.7 Å². The molecule has 12 heavy (non-hydrogen) atoms. The van der Waals surface area contributed by atoms with Gasteiger partial charge in [-0.1, -0.05) is 47.5 Å². The molecule has 0 nitrogen and oxygen atoms in total. The molecule has 0 radical (unpaired) electrons. The lowest BCUT2D eigenvalue weighted by Crippen LogP contribution is -2.36. The Bertz CT molecular complexity index is 159. The van der Waals surface area contributed by atoms with Gasteiger partial charge in [-0.3, -0.25) is 0 Å². The van der Waals surface area contributed by atoms with Gasteiger partial charge in [0.05, 0.1) is 0 Å². The van der Waals surface area contributed by atoms with Crippen LogP contribution in [0.1, 0.15) is 60.3 Å². The standard InChI is InChI=1S/C12H24/c1-6-11(4)8-7-9-12(11,5)10(2)3/h10H,6-9H2,1-5H3. The summed E-state index contributed by atoms with van der Waals surface area (Å²) >= 11 is 0. The van der Waals surface area contributed by atoms with Gasteiger partial charge in [-0.15, -0.1) is 0 Å². The van der Waals surface area contributed by atoms with Crippen LogP contribution in [0.25, 0.3) is 0 Å². The molecular formula is C12H24. The first kappa shape index (κ1) is 10.1. The Morgan fingerprint density at radius 3 is 2.08 bits per heavy atom. The summed E-state index contributed by atoms with van der Waals surface area (Å²) < 4.78 is 0. The highest BCUT2D eigenvalue weighted by Gasteiger charge is 2.48. The second kappa shape index (κ2) is 3.05. The van der Waals surface area contributed by atoms with Gasteiger partial charge in [0.1, 0.15) is 0 Å². The minimum atomic E-state index is 0.599. The van der Waals surface area contributed by atoms with Crippen molar-refractivity contribution in [2.24, 2.45) is 16.7 Å². The zero-order valence-corrected chi connectivity index (χ0v) is 9.41. The predicted octanol–water partition coefficient (Wildman–Crippen LogP) is 4.25. The van der Waals surface area contributed by atoms with Crippen molar-refractivity contribution in [1.82, 2.24) is 0 Å². The Morgan fingerprint density at radius 1 is 1.17 bits per heavy atom. The summed E-state index contributed by atoms with van der Waals surface area (Å²) in [4.78, 5) is 0. The molecule has 72 valence electrons. The highest BCUT2D eigenvalue weighted by atomic mass is 14.5. The third kappa shape index (κ3) is 1.20. The summed E-state index contributed by atoms with van der Waals surface area (Å²) in [6.07, 6.45) is 5.67. The Hall–Kier alpha value is 0. The van der Waals surface area contributed by atoms with Crippen molar-refractivity contribution in [3.8, 4) is 0 Å². The minimum Gasteiger partial charge on any atom is -0.0648 e. The summed E-state index contributed by atoms with van der Waals surface area (Å²) in [6, 6.07) is 0. The van der Waals surface area contributed by atoms with E-state index in [0.29, 0.717) is 10.8 Å². The summed E-state index contributed by atoms with van der Waals surface area (Å²) in [5.74, 6) is 0.838. The Kier molecular flexibility index (Phi) is 2.56. The van der Waals surface area contributed by atoms with E-state index in [1.165, 1.54) is 25.7 Å². The van der Waals surface area contributed by atoms with Crippen LogP contribution >= 0.6 is 0 Å².